The van der Waals surface area contributed by atoms with E-state index < -0.39 is 18.0 Å². The van der Waals surface area contributed by atoms with Crippen LogP contribution in [0.1, 0.15) is 12.8 Å². The molecule has 1 rings (SSSR count). The minimum Gasteiger partial charge on any atom is -0.396 e. The summed E-state index contributed by atoms with van der Waals surface area (Å²) in [5, 5.41) is 8.42. The van der Waals surface area contributed by atoms with Crippen LogP contribution in [0.25, 0.3) is 0 Å². The Morgan fingerprint density at radius 3 is 2.00 bits per heavy atom. The first-order valence-electron chi connectivity index (χ1n) is 3.23. The summed E-state index contributed by atoms with van der Waals surface area (Å²) in [7, 11) is 0. The second-order valence-corrected chi connectivity index (χ2v) is 2.67. The zero-order valence-corrected chi connectivity index (χ0v) is 5.36. The number of hydrogen-bond donors (Lipinski definition) is 1. The van der Waals surface area contributed by atoms with Crippen LogP contribution in [0.15, 0.2) is 0 Å². The zero-order valence-electron chi connectivity index (χ0n) is 5.36. The first kappa shape index (κ1) is 7.85. The van der Waals surface area contributed by atoms with Gasteiger partial charge in [0, 0.05) is 6.61 Å². The largest absolute Gasteiger partial charge is 0.396 e. The fourth-order valence-electron chi connectivity index (χ4n) is 1.22. The molecule has 0 unspecified atom stereocenters. The van der Waals surface area contributed by atoms with Gasteiger partial charge in [0.2, 0.25) is 0 Å². The molecule has 0 aromatic carbocycles. The van der Waals surface area contributed by atoms with Crippen molar-refractivity contribution in [2.24, 2.45) is 11.8 Å². The minimum absolute atomic E-state index is 0.189. The molecule has 2 atom stereocenters. The van der Waals surface area contributed by atoms with E-state index in [-0.39, 0.29) is 13.0 Å². The quantitative estimate of drug-likeness (QED) is 0.607. The SMILES string of the molecule is OC[C@@H]1CC[C@@H]1C(F)(F)F. The van der Waals surface area contributed by atoms with Gasteiger partial charge in [0.05, 0.1) is 5.92 Å². The van der Waals surface area contributed by atoms with Crippen LogP contribution in [0.5, 0.6) is 0 Å². The highest BCUT2D eigenvalue weighted by Crippen LogP contribution is 2.45. The maximum absolute atomic E-state index is 11.8. The van der Waals surface area contributed by atoms with Crippen molar-refractivity contribution in [3.63, 3.8) is 0 Å². The van der Waals surface area contributed by atoms with Crippen LogP contribution < -0.4 is 0 Å². The molecule has 0 amide bonds. The molecular formula is C6H9F3O. The number of rotatable bonds is 1. The molecule has 1 fully saturated rings. The van der Waals surface area contributed by atoms with Gasteiger partial charge in [-0.3, -0.25) is 0 Å². The van der Waals surface area contributed by atoms with E-state index in [4.69, 9.17) is 5.11 Å². The van der Waals surface area contributed by atoms with Crippen molar-refractivity contribution in [2.75, 3.05) is 6.61 Å². The van der Waals surface area contributed by atoms with Crippen molar-refractivity contribution >= 4 is 0 Å². The van der Waals surface area contributed by atoms with Crippen molar-refractivity contribution in [3.05, 3.63) is 0 Å². The monoisotopic (exact) mass is 154 g/mol. The van der Waals surface area contributed by atoms with Crippen molar-refractivity contribution in [3.8, 4) is 0 Å². The van der Waals surface area contributed by atoms with E-state index in [1.165, 1.54) is 0 Å². The number of aliphatic hydroxyl groups excluding tert-OH is 1. The number of alkyl halides is 3. The van der Waals surface area contributed by atoms with Crippen LogP contribution >= 0.6 is 0 Å². The number of aliphatic hydroxyl groups is 1. The minimum atomic E-state index is -4.09. The molecule has 0 bridgehead atoms. The lowest BCUT2D eigenvalue weighted by atomic mass is 9.74. The van der Waals surface area contributed by atoms with Gasteiger partial charge in [-0.05, 0) is 18.8 Å². The van der Waals surface area contributed by atoms with Gasteiger partial charge < -0.3 is 5.11 Å². The van der Waals surface area contributed by atoms with Gasteiger partial charge in [0.15, 0.2) is 0 Å². The normalized spacial score (nSPS) is 33.6. The lowest BCUT2D eigenvalue weighted by molar-refractivity contribution is -0.217. The number of hydrogen-bond acceptors (Lipinski definition) is 1. The molecule has 1 nitrogen and oxygen atoms in total. The summed E-state index contributed by atoms with van der Waals surface area (Å²) in [4.78, 5) is 0. The Morgan fingerprint density at radius 1 is 1.30 bits per heavy atom. The molecule has 0 aromatic rings. The Bertz CT molecular complexity index is 119. The molecule has 1 aliphatic rings. The summed E-state index contributed by atoms with van der Waals surface area (Å²) < 4.78 is 35.5. The van der Waals surface area contributed by atoms with Gasteiger partial charge in [0.25, 0.3) is 0 Å². The molecule has 0 saturated heterocycles. The summed E-state index contributed by atoms with van der Waals surface area (Å²) in [6.07, 6.45) is -3.39. The zero-order chi connectivity index (χ0) is 7.78. The molecule has 0 spiro atoms. The highest BCUT2D eigenvalue weighted by atomic mass is 19.4. The molecule has 1 aliphatic carbocycles. The van der Waals surface area contributed by atoms with Crippen LogP contribution in [-0.2, 0) is 0 Å². The Hall–Kier alpha value is -0.250. The van der Waals surface area contributed by atoms with Crippen molar-refractivity contribution in [1.29, 1.82) is 0 Å². The van der Waals surface area contributed by atoms with E-state index in [2.05, 4.69) is 0 Å². The molecule has 1 saturated carbocycles. The van der Waals surface area contributed by atoms with Crippen molar-refractivity contribution < 1.29 is 18.3 Å². The van der Waals surface area contributed by atoms with Gasteiger partial charge in [-0.2, -0.15) is 13.2 Å². The molecule has 10 heavy (non-hydrogen) atoms. The third-order valence-electron chi connectivity index (χ3n) is 2.07. The topological polar surface area (TPSA) is 20.2 Å². The van der Waals surface area contributed by atoms with E-state index >= 15 is 0 Å². The Kier molecular flexibility index (Phi) is 1.90. The first-order chi connectivity index (χ1) is 4.55. The van der Waals surface area contributed by atoms with Gasteiger partial charge in [-0.1, -0.05) is 0 Å². The maximum atomic E-state index is 11.8. The Labute approximate surface area is 56.8 Å². The van der Waals surface area contributed by atoms with Gasteiger partial charge >= 0.3 is 6.18 Å². The van der Waals surface area contributed by atoms with E-state index in [0.717, 1.165) is 0 Å². The fraction of sp³-hybridized carbons (Fsp3) is 1.00. The lowest BCUT2D eigenvalue weighted by Gasteiger charge is -2.36. The molecule has 0 aromatic heterocycles. The highest BCUT2D eigenvalue weighted by molar-refractivity contribution is 4.84. The smallest absolute Gasteiger partial charge is 0.392 e. The second-order valence-electron chi connectivity index (χ2n) is 2.67. The van der Waals surface area contributed by atoms with Crippen LogP contribution in [0.3, 0.4) is 0 Å². The van der Waals surface area contributed by atoms with Gasteiger partial charge in [0.1, 0.15) is 0 Å². The summed E-state index contributed by atoms with van der Waals surface area (Å²) in [5.41, 5.74) is 0. The van der Waals surface area contributed by atoms with Crippen LogP contribution in [-0.4, -0.2) is 17.9 Å². The van der Waals surface area contributed by atoms with Crippen LogP contribution in [0.4, 0.5) is 13.2 Å². The third kappa shape index (κ3) is 1.26. The fourth-order valence-corrected chi connectivity index (χ4v) is 1.22. The molecule has 1 N–H and O–H groups in total. The van der Waals surface area contributed by atoms with E-state index in [0.29, 0.717) is 6.42 Å². The van der Waals surface area contributed by atoms with Crippen LogP contribution in [0, 0.1) is 11.8 Å². The lowest BCUT2D eigenvalue weighted by Crippen LogP contribution is -2.39. The maximum Gasteiger partial charge on any atom is 0.392 e. The predicted octanol–water partition coefficient (Wildman–Crippen LogP) is 1.57. The summed E-state index contributed by atoms with van der Waals surface area (Å²) in [6, 6.07) is 0. The highest BCUT2D eigenvalue weighted by Gasteiger charge is 2.49. The van der Waals surface area contributed by atoms with Crippen molar-refractivity contribution in [2.45, 2.75) is 19.0 Å². The predicted molar refractivity (Wildman–Crippen MR) is 29.4 cm³/mol. The average molecular weight is 154 g/mol. The Balaban J connectivity index is 2.43. The molecular weight excluding hydrogens is 145 g/mol. The third-order valence-corrected chi connectivity index (χ3v) is 2.07. The molecule has 60 valence electrons. The van der Waals surface area contributed by atoms with Crippen LogP contribution in [0.2, 0.25) is 0 Å². The summed E-state index contributed by atoms with van der Waals surface area (Å²) in [6.45, 7) is -0.329. The molecule has 0 aliphatic heterocycles. The number of halogens is 3. The van der Waals surface area contributed by atoms with E-state index in [1.54, 1.807) is 0 Å². The van der Waals surface area contributed by atoms with Crippen molar-refractivity contribution in [1.82, 2.24) is 0 Å². The summed E-state index contributed by atoms with van der Waals surface area (Å²) in [5.74, 6) is -1.77. The molecule has 0 radical (unpaired) electrons. The molecule has 4 heteroatoms. The van der Waals surface area contributed by atoms with Gasteiger partial charge in [-0.15, -0.1) is 0 Å². The molecule has 0 heterocycles. The first-order valence-corrected chi connectivity index (χ1v) is 3.23. The standard InChI is InChI=1S/C6H9F3O/c7-6(8,9)5-2-1-4(5)3-10/h4-5,10H,1-3H2/t4-,5-/m0/s1. The second kappa shape index (κ2) is 2.42. The summed E-state index contributed by atoms with van der Waals surface area (Å²) >= 11 is 0. The van der Waals surface area contributed by atoms with E-state index in [9.17, 15) is 13.2 Å². The average Bonchev–Trinajstić information content (AvgIpc) is 1.57. The van der Waals surface area contributed by atoms with E-state index in [1.807, 2.05) is 0 Å². The Morgan fingerprint density at radius 2 is 1.90 bits per heavy atom. The van der Waals surface area contributed by atoms with Gasteiger partial charge in [-0.25, -0.2) is 0 Å².